The minimum atomic E-state index is -0.125. The summed E-state index contributed by atoms with van der Waals surface area (Å²) in [7, 11) is 5.47. The molecule has 0 radical (unpaired) electrons. The lowest BCUT2D eigenvalue weighted by Gasteiger charge is -2.40. The minimum Gasteiger partial charge on any atom is -0.497 e. The van der Waals surface area contributed by atoms with Crippen LogP contribution in [0.5, 0.6) is 5.75 Å². The van der Waals surface area contributed by atoms with Crippen LogP contribution in [-0.4, -0.2) is 59.5 Å². The average Bonchev–Trinajstić information content (AvgIpc) is 3.54. The summed E-state index contributed by atoms with van der Waals surface area (Å²) in [5.74, 6) is 1.46. The number of likely N-dealkylation sites (N-methyl/N-ethyl adjacent to an activating group) is 1. The normalized spacial score (nSPS) is 15.2. The van der Waals surface area contributed by atoms with Crippen LogP contribution >= 0.6 is 0 Å². The summed E-state index contributed by atoms with van der Waals surface area (Å²) in [6.45, 7) is 1.40. The smallest absolute Gasteiger partial charge is 0.289 e. The van der Waals surface area contributed by atoms with Gasteiger partial charge in [-0.05, 0) is 66.6 Å². The van der Waals surface area contributed by atoms with Crippen molar-refractivity contribution < 1.29 is 18.7 Å². The molecule has 180 valence electrons. The lowest BCUT2D eigenvalue weighted by atomic mass is 9.84. The van der Waals surface area contributed by atoms with Crippen molar-refractivity contribution in [3.8, 4) is 5.75 Å². The molecule has 3 aromatic rings. The highest BCUT2D eigenvalue weighted by Gasteiger charge is 2.33. The van der Waals surface area contributed by atoms with Gasteiger partial charge in [-0.25, -0.2) is 0 Å². The summed E-state index contributed by atoms with van der Waals surface area (Å²) < 4.78 is 12.7. The number of nitrogens with zero attached hydrogens (tertiary/aromatic N) is 3. The molecule has 3 heterocycles. The minimum absolute atomic E-state index is 0.0175. The molecule has 1 fully saturated rings. The summed E-state index contributed by atoms with van der Waals surface area (Å²) in [6, 6.07) is 13.4. The summed E-state index contributed by atoms with van der Waals surface area (Å²) in [4.78, 5) is 29.7. The number of ether oxygens (including phenoxy) is 1. The standard InChI is InChI=1S/C27H33N3O4/c1-28-12-9-21(19-28)18-26(31)30-13-10-22(11-14-30)24(17-20-6-4-7-23(16-20)33-3)29(2)27(32)25-8-5-15-34-25/h4-9,12,15-16,19,22,24H,10-11,13-14,17-18H2,1-3H3. The lowest BCUT2D eigenvalue weighted by molar-refractivity contribution is -0.132. The first-order valence-corrected chi connectivity index (χ1v) is 11.8. The summed E-state index contributed by atoms with van der Waals surface area (Å²) in [6.07, 6.45) is 8.32. The number of carbonyl (C=O) groups excluding carboxylic acids is 2. The van der Waals surface area contributed by atoms with E-state index in [-0.39, 0.29) is 23.8 Å². The number of benzene rings is 1. The lowest BCUT2D eigenvalue weighted by Crippen LogP contribution is -2.48. The van der Waals surface area contributed by atoms with Gasteiger partial charge in [-0.1, -0.05) is 12.1 Å². The van der Waals surface area contributed by atoms with E-state index >= 15 is 0 Å². The third-order valence-corrected chi connectivity index (χ3v) is 6.81. The summed E-state index contributed by atoms with van der Waals surface area (Å²) >= 11 is 0. The molecule has 1 atom stereocenters. The number of amides is 2. The van der Waals surface area contributed by atoms with Crippen molar-refractivity contribution in [1.29, 1.82) is 0 Å². The van der Waals surface area contributed by atoms with Crippen LogP contribution in [0.15, 0.2) is 65.5 Å². The fourth-order valence-corrected chi connectivity index (χ4v) is 4.87. The number of hydrogen-bond donors (Lipinski definition) is 0. The molecular formula is C27H33N3O4. The van der Waals surface area contributed by atoms with E-state index in [0.717, 1.165) is 29.7 Å². The van der Waals surface area contributed by atoms with E-state index in [1.165, 1.54) is 6.26 Å². The molecule has 0 aliphatic carbocycles. The van der Waals surface area contributed by atoms with Crippen LogP contribution in [0, 0.1) is 5.92 Å². The van der Waals surface area contributed by atoms with E-state index in [1.807, 2.05) is 65.1 Å². The largest absolute Gasteiger partial charge is 0.497 e. The quantitative estimate of drug-likeness (QED) is 0.510. The Morgan fingerprint density at radius 2 is 1.94 bits per heavy atom. The van der Waals surface area contributed by atoms with Crippen LogP contribution in [0.2, 0.25) is 0 Å². The average molecular weight is 464 g/mol. The molecule has 2 aromatic heterocycles. The Balaban J connectivity index is 1.46. The van der Waals surface area contributed by atoms with Gasteiger partial charge < -0.3 is 23.5 Å². The van der Waals surface area contributed by atoms with Gasteiger partial charge in [-0.15, -0.1) is 0 Å². The Morgan fingerprint density at radius 3 is 2.59 bits per heavy atom. The molecule has 0 spiro atoms. The van der Waals surface area contributed by atoms with Crippen LogP contribution in [-0.2, 0) is 24.7 Å². The maximum Gasteiger partial charge on any atom is 0.289 e. The van der Waals surface area contributed by atoms with Crippen molar-refractivity contribution in [3.05, 3.63) is 78.0 Å². The predicted octanol–water partition coefficient (Wildman–Crippen LogP) is 3.79. The van der Waals surface area contributed by atoms with Gasteiger partial charge in [0.15, 0.2) is 5.76 Å². The highest BCUT2D eigenvalue weighted by molar-refractivity contribution is 5.91. The molecule has 1 unspecified atom stereocenters. The second-order valence-electron chi connectivity index (χ2n) is 9.10. The van der Waals surface area contributed by atoms with Gasteiger partial charge in [0, 0.05) is 45.6 Å². The molecule has 1 aliphatic rings. The van der Waals surface area contributed by atoms with Crippen molar-refractivity contribution >= 4 is 11.8 Å². The number of hydrogen-bond acceptors (Lipinski definition) is 4. The van der Waals surface area contributed by atoms with Gasteiger partial charge in [0.1, 0.15) is 5.75 Å². The van der Waals surface area contributed by atoms with Crippen molar-refractivity contribution in [3.63, 3.8) is 0 Å². The van der Waals surface area contributed by atoms with E-state index in [2.05, 4.69) is 6.07 Å². The Labute approximate surface area is 200 Å². The molecule has 1 aliphatic heterocycles. The SMILES string of the molecule is COc1cccc(CC(C2CCN(C(=O)Cc3ccn(C)c3)CC2)N(C)C(=O)c2ccco2)c1. The van der Waals surface area contributed by atoms with E-state index in [1.54, 1.807) is 19.2 Å². The number of aromatic nitrogens is 1. The van der Waals surface area contributed by atoms with Crippen molar-refractivity contribution in [2.24, 2.45) is 13.0 Å². The Hall–Kier alpha value is -3.48. The number of piperidine rings is 1. The highest BCUT2D eigenvalue weighted by Crippen LogP contribution is 2.28. The maximum atomic E-state index is 13.1. The molecule has 2 amide bonds. The molecule has 0 N–H and O–H groups in total. The van der Waals surface area contributed by atoms with E-state index in [9.17, 15) is 9.59 Å². The van der Waals surface area contributed by atoms with E-state index in [4.69, 9.17) is 9.15 Å². The predicted molar refractivity (Wildman–Crippen MR) is 130 cm³/mol. The molecule has 34 heavy (non-hydrogen) atoms. The van der Waals surface area contributed by atoms with Crippen LogP contribution in [0.25, 0.3) is 0 Å². The molecule has 1 saturated heterocycles. The van der Waals surface area contributed by atoms with Gasteiger partial charge in [0.2, 0.25) is 5.91 Å². The first-order chi connectivity index (χ1) is 16.4. The molecule has 4 rings (SSSR count). The zero-order valence-electron chi connectivity index (χ0n) is 20.1. The van der Waals surface area contributed by atoms with Gasteiger partial charge >= 0.3 is 0 Å². The first-order valence-electron chi connectivity index (χ1n) is 11.8. The highest BCUT2D eigenvalue weighted by atomic mass is 16.5. The Bertz CT molecular complexity index is 1100. The Kier molecular flexibility index (Phi) is 7.40. The molecular weight excluding hydrogens is 430 g/mol. The van der Waals surface area contributed by atoms with Crippen molar-refractivity contribution in [2.45, 2.75) is 31.7 Å². The number of furan rings is 1. The number of aryl methyl sites for hydroxylation is 1. The number of rotatable bonds is 8. The monoisotopic (exact) mass is 463 g/mol. The maximum absolute atomic E-state index is 13.1. The van der Waals surface area contributed by atoms with Gasteiger partial charge in [0.05, 0.1) is 19.8 Å². The van der Waals surface area contributed by atoms with Gasteiger partial charge in [-0.3, -0.25) is 9.59 Å². The number of likely N-dealkylation sites (tertiary alicyclic amines) is 1. The topological polar surface area (TPSA) is 67.9 Å². The number of carbonyl (C=O) groups is 2. The summed E-state index contributed by atoms with van der Waals surface area (Å²) in [5, 5.41) is 0. The third-order valence-electron chi connectivity index (χ3n) is 6.81. The van der Waals surface area contributed by atoms with Crippen molar-refractivity contribution in [2.75, 3.05) is 27.2 Å². The van der Waals surface area contributed by atoms with Crippen LogP contribution in [0.4, 0.5) is 0 Å². The molecule has 7 heteroatoms. The van der Waals surface area contributed by atoms with Gasteiger partial charge in [-0.2, -0.15) is 0 Å². The first kappa shape index (κ1) is 23.7. The third kappa shape index (κ3) is 5.53. The molecule has 0 saturated carbocycles. The zero-order valence-corrected chi connectivity index (χ0v) is 20.1. The van der Waals surface area contributed by atoms with E-state index < -0.39 is 0 Å². The van der Waals surface area contributed by atoms with Crippen molar-refractivity contribution in [1.82, 2.24) is 14.4 Å². The molecule has 1 aromatic carbocycles. The second-order valence-corrected chi connectivity index (χ2v) is 9.10. The fourth-order valence-electron chi connectivity index (χ4n) is 4.87. The molecule has 7 nitrogen and oxygen atoms in total. The summed E-state index contributed by atoms with van der Waals surface area (Å²) in [5.41, 5.74) is 2.15. The second kappa shape index (κ2) is 10.6. The Morgan fingerprint density at radius 1 is 1.15 bits per heavy atom. The van der Waals surface area contributed by atoms with E-state index in [0.29, 0.717) is 31.7 Å². The van der Waals surface area contributed by atoms with Crippen LogP contribution in [0.1, 0.15) is 34.5 Å². The zero-order chi connectivity index (χ0) is 24.1. The number of methoxy groups -OCH3 is 1. The van der Waals surface area contributed by atoms with Gasteiger partial charge in [0.25, 0.3) is 5.91 Å². The fraction of sp³-hybridized carbons (Fsp3) is 0.407. The van der Waals surface area contributed by atoms with Crippen LogP contribution < -0.4 is 4.74 Å². The van der Waals surface area contributed by atoms with Crippen LogP contribution in [0.3, 0.4) is 0 Å². The molecule has 0 bridgehead atoms.